The van der Waals surface area contributed by atoms with Crippen LogP contribution in [0.25, 0.3) is 0 Å². The number of carbonyl (C=O) groups excluding carboxylic acids is 1. The quantitative estimate of drug-likeness (QED) is 0.717. The van der Waals surface area contributed by atoms with Crippen LogP contribution in [-0.2, 0) is 4.79 Å². The lowest BCUT2D eigenvalue weighted by Crippen LogP contribution is -2.27. The van der Waals surface area contributed by atoms with Crippen molar-refractivity contribution >= 4 is 5.91 Å². The van der Waals surface area contributed by atoms with Crippen LogP contribution in [0, 0.1) is 0 Å². The standard InChI is InChI=1S/C12H17NO/c1-10(9-13(3)11(2)14)12-7-5-4-6-8-12/h4-8,10H,9H2,1-3H3. The molecular formula is C12H17NO. The predicted octanol–water partition coefficient (Wildman–Crippen LogP) is 2.27. The van der Waals surface area contributed by atoms with E-state index in [9.17, 15) is 4.79 Å². The molecule has 1 atom stereocenters. The first-order valence-electron chi connectivity index (χ1n) is 4.88. The van der Waals surface area contributed by atoms with Crippen LogP contribution >= 0.6 is 0 Å². The molecule has 0 N–H and O–H groups in total. The van der Waals surface area contributed by atoms with E-state index in [-0.39, 0.29) is 5.91 Å². The Morgan fingerprint density at radius 3 is 2.43 bits per heavy atom. The highest BCUT2D eigenvalue weighted by molar-refractivity contribution is 5.72. The fraction of sp³-hybridized carbons (Fsp3) is 0.417. The summed E-state index contributed by atoms with van der Waals surface area (Å²) in [6.07, 6.45) is 0. The summed E-state index contributed by atoms with van der Waals surface area (Å²) in [6.45, 7) is 4.51. The van der Waals surface area contributed by atoms with E-state index in [0.29, 0.717) is 5.92 Å². The number of likely N-dealkylation sites (N-methyl/N-ethyl adjacent to an activating group) is 1. The summed E-state index contributed by atoms with van der Waals surface area (Å²) in [5, 5.41) is 0. The van der Waals surface area contributed by atoms with Crippen molar-refractivity contribution in [3.05, 3.63) is 35.9 Å². The second kappa shape index (κ2) is 4.80. The Morgan fingerprint density at radius 2 is 1.93 bits per heavy atom. The maximum atomic E-state index is 11.0. The smallest absolute Gasteiger partial charge is 0.219 e. The minimum Gasteiger partial charge on any atom is -0.345 e. The fourth-order valence-electron chi connectivity index (χ4n) is 1.43. The number of hydrogen-bond donors (Lipinski definition) is 0. The molecule has 1 aromatic rings. The summed E-state index contributed by atoms with van der Waals surface area (Å²) < 4.78 is 0. The lowest BCUT2D eigenvalue weighted by atomic mass is 10.0. The molecule has 2 heteroatoms. The number of carbonyl (C=O) groups is 1. The van der Waals surface area contributed by atoms with Gasteiger partial charge in [0.25, 0.3) is 0 Å². The zero-order chi connectivity index (χ0) is 10.6. The van der Waals surface area contributed by atoms with Gasteiger partial charge in [0.2, 0.25) is 5.91 Å². The summed E-state index contributed by atoms with van der Waals surface area (Å²) in [5.74, 6) is 0.512. The van der Waals surface area contributed by atoms with Crippen LogP contribution in [0.5, 0.6) is 0 Å². The molecule has 0 heterocycles. The third kappa shape index (κ3) is 2.87. The largest absolute Gasteiger partial charge is 0.345 e. The maximum Gasteiger partial charge on any atom is 0.219 e. The molecule has 0 saturated heterocycles. The summed E-state index contributed by atoms with van der Waals surface area (Å²) >= 11 is 0. The summed E-state index contributed by atoms with van der Waals surface area (Å²) in [7, 11) is 1.84. The van der Waals surface area contributed by atoms with Crippen LogP contribution in [0.3, 0.4) is 0 Å². The Bertz CT molecular complexity index is 294. The van der Waals surface area contributed by atoms with E-state index in [1.165, 1.54) is 5.56 Å². The molecule has 0 bridgehead atoms. The van der Waals surface area contributed by atoms with Gasteiger partial charge < -0.3 is 4.90 Å². The molecule has 1 unspecified atom stereocenters. The maximum absolute atomic E-state index is 11.0. The van der Waals surface area contributed by atoms with Gasteiger partial charge >= 0.3 is 0 Å². The summed E-state index contributed by atoms with van der Waals surface area (Å²) in [5.41, 5.74) is 1.28. The average Bonchev–Trinajstić information content (AvgIpc) is 2.19. The van der Waals surface area contributed by atoms with Gasteiger partial charge in [0, 0.05) is 20.5 Å². The minimum atomic E-state index is 0.118. The van der Waals surface area contributed by atoms with Gasteiger partial charge in [-0.3, -0.25) is 4.79 Å². The Hall–Kier alpha value is -1.31. The van der Waals surface area contributed by atoms with Crippen molar-refractivity contribution in [1.82, 2.24) is 4.90 Å². The highest BCUT2D eigenvalue weighted by Crippen LogP contribution is 2.15. The molecule has 0 aliphatic rings. The SMILES string of the molecule is CC(=O)N(C)CC(C)c1ccccc1. The van der Waals surface area contributed by atoms with Gasteiger partial charge in [-0.05, 0) is 11.5 Å². The van der Waals surface area contributed by atoms with Crippen LogP contribution in [0.15, 0.2) is 30.3 Å². The molecule has 1 rings (SSSR count). The first-order valence-corrected chi connectivity index (χ1v) is 4.88. The van der Waals surface area contributed by atoms with Gasteiger partial charge in [-0.1, -0.05) is 37.3 Å². The topological polar surface area (TPSA) is 20.3 Å². The van der Waals surface area contributed by atoms with Crippen molar-refractivity contribution in [1.29, 1.82) is 0 Å². The number of benzene rings is 1. The van der Waals surface area contributed by atoms with E-state index in [1.807, 2.05) is 25.2 Å². The molecular weight excluding hydrogens is 174 g/mol. The highest BCUT2D eigenvalue weighted by Gasteiger charge is 2.09. The van der Waals surface area contributed by atoms with Gasteiger partial charge in [-0.2, -0.15) is 0 Å². The van der Waals surface area contributed by atoms with Crippen molar-refractivity contribution in [2.45, 2.75) is 19.8 Å². The minimum absolute atomic E-state index is 0.118. The van der Waals surface area contributed by atoms with Crippen LogP contribution < -0.4 is 0 Å². The molecule has 0 saturated carbocycles. The molecule has 0 fully saturated rings. The molecule has 0 aromatic heterocycles. The van der Waals surface area contributed by atoms with Crippen molar-refractivity contribution in [3.63, 3.8) is 0 Å². The Kier molecular flexibility index (Phi) is 3.69. The fourth-order valence-corrected chi connectivity index (χ4v) is 1.43. The summed E-state index contributed by atoms with van der Waals surface area (Å²) in [4.78, 5) is 12.8. The van der Waals surface area contributed by atoms with Crippen molar-refractivity contribution in [2.24, 2.45) is 0 Å². The Morgan fingerprint density at radius 1 is 1.36 bits per heavy atom. The van der Waals surface area contributed by atoms with E-state index in [0.717, 1.165) is 6.54 Å². The second-order valence-electron chi connectivity index (χ2n) is 3.71. The normalized spacial score (nSPS) is 12.2. The highest BCUT2D eigenvalue weighted by atomic mass is 16.2. The molecule has 76 valence electrons. The van der Waals surface area contributed by atoms with Gasteiger partial charge in [0.05, 0.1) is 0 Å². The van der Waals surface area contributed by atoms with E-state index >= 15 is 0 Å². The molecule has 14 heavy (non-hydrogen) atoms. The number of hydrogen-bond acceptors (Lipinski definition) is 1. The zero-order valence-electron chi connectivity index (χ0n) is 9.03. The van der Waals surface area contributed by atoms with E-state index in [1.54, 1.807) is 11.8 Å². The molecule has 1 aromatic carbocycles. The van der Waals surface area contributed by atoms with Gasteiger partial charge in [-0.15, -0.1) is 0 Å². The van der Waals surface area contributed by atoms with E-state index < -0.39 is 0 Å². The molecule has 1 amide bonds. The lowest BCUT2D eigenvalue weighted by molar-refractivity contribution is -0.127. The van der Waals surface area contributed by atoms with Crippen molar-refractivity contribution in [2.75, 3.05) is 13.6 Å². The number of rotatable bonds is 3. The number of amides is 1. The predicted molar refractivity (Wildman–Crippen MR) is 58.2 cm³/mol. The first-order chi connectivity index (χ1) is 6.61. The van der Waals surface area contributed by atoms with Crippen molar-refractivity contribution < 1.29 is 4.79 Å². The van der Waals surface area contributed by atoms with Crippen LogP contribution in [-0.4, -0.2) is 24.4 Å². The number of nitrogens with zero attached hydrogens (tertiary/aromatic N) is 1. The monoisotopic (exact) mass is 191 g/mol. The molecule has 0 radical (unpaired) electrons. The summed E-state index contributed by atoms with van der Waals surface area (Å²) in [6, 6.07) is 10.3. The van der Waals surface area contributed by atoms with Crippen LogP contribution in [0.4, 0.5) is 0 Å². The van der Waals surface area contributed by atoms with Gasteiger partial charge in [0.15, 0.2) is 0 Å². The average molecular weight is 191 g/mol. The van der Waals surface area contributed by atoms with Crippen molar-refractivity contribution in [3.8, 4) is 0 Å². The van der Waals surface area contributed by atoms with E-state index in [2.05, 4.69) is 19.1 Å². The lowest BCUT2D eigenvalue weighted by Gasteiger charge is -2.20. The molecule has 0 aliphatic heterocycles. The second-order valence-corrected chi connectivity index (χ2v) is 3.71. The van der Waals surface area contributed by atoms with Crippen LogP contribution in [0.1, 0.15) is 25.3 Å². The zero-order valence-corrected chi connectivity index (χ0v) is 9.03. The van der Waals surface area contributed by atoms with Gasteiger partial charge in [-0.25, -0.2) is 0 Å². The Labute approximate surface area is 85.5 Å². The molecule has 0 aliphatic carbocycles. The third-order valence-corrected chi connectivity index (χ3v) is 2.45. The molecule has 2 nitrogen and oxygen atoms in total. The first kappa shape index (κ1) is 10.8. The molecule has 0 spiro atoms. The van der Waals surface area contributed by atoms with Gasteiger partial charge in [0.1, 0.15) is 0 Å². The Balaban J connectivity index is 2.59. The van der Waals surface area contributed by atoms with E-state index in [4.69, 9.17) is 0 Å². The third-order valence-electron chi connectivity index (χ3n) is 2.45. The van der Waals surface area contributed by atoms with Crippen LogP contribution in [0.2, 0.25) is 0 Å².